The van der Waals surface area contributed by atoms with E-state index in [2.05, 4.69) is 20.8 Å². The Kier molecular flexibility index (Phi) is 9.04. The van der Waals surface area contributed by atoms with E-state index in [1.165, 1.54) is 0 Å². The van der Waals surface area contributed by atoms with Crippen molar-refractivity contribution in [2.24, 2.45) is 11.8 Å². The van der Waals surface area contributed by atoms with Gasteiger partial charge in [-0.15, -0.1) is 0 Å². The number of ketones is 1. The predicted molar refractivity (Wildman–Crippen MR) is 101 cm³/mol. The largest absolute Gasteiger partial charge is 0.392 e. The number of aliphatic hydroxyl groups is 2. The molecule has 1 aliphatic rings. The van der Waals surface area contributed by atoms with Crippen LogP contribution in [0.15, 0.2) is 23.3 Å². The minimum absolute atomic E-state index is 0.00431. The molecule has 1 heterocycles. The molecule has 0 spiro atoms. The van der Waals surface area contributed by atoms with Crippen LogP contribution < -0.4 is 0 Å². The van der Waals surface area contributed by atoms with Crippen molar-refractivity contribution < 1.29 is 19.7 Å². The molecule has 0 aromatic heterocycles. The van der Waals surface area contributed by atoms with Crippen LogP contribution in [0.1, 0.15) is 66.7 Å². The van der Waals surface area contributed by atoms with Crippen molar-refractivity contribution >= 4 is 5.78 Å². The number of hydrogen-bond donors (Lipinski definition) is 2. The fourth-order valence-corrected chi connectivity index (χ4v) is 2.96. The summed E-state index contributed by atoms with van der Waals surface area (Å²) in [6.45, 7) is 10.7. The molecule has 2 N–H and O–H groups in total. The molecule has 0 radical (unpaired) electrons. The van der Waals surface area contributed by atoms with Gasteiger partial charge in [0.05, 0.1) is 24.9 Å². The monoisotopic (exact) mass is 352 g/mol. The second-order valence-corrected chi connectivity index (χ2v) is 7.98. The minimum Gasteiger partial charge on any atom is -0.392 e. The van der Waals surface area contributed by atoms with Gasteiger partial charge in [0.2, 0.25) is 0 Å². The highest BCUT2D eigenvalue weighted by atomic mass is 16.5. The molecule has 144 valence electrons. The fourth-order valence-electron chi connectivity index (χ4n) is 2.96. The normalized spacial score (nSPS) is 28.2. The van der Waals surface area contributed by atoms with Gasteiger partial charge in [0.15, 0.2) is 5.78 Å². The summed E-state index contributed by atoms with van der Waals surface area (Å²) in [5.41, 5.74) is 1.23. The minimum atomic E-state index is -0.615. The van der Waals surface area contributed by atoms with Gasteiger partial charge >= 0.3 is 0 Å². The third kappa shape index (κ3) is 7.04. The molecular weight excluding hydrogens is 316 g/mol. The average Bonchev–Trinajstić information content (AvgIpc) is 2.69. The zero-order valence-corrected chi connectivity index (χ0v) is 16.5. The lowest BCUT2D eigenvalue weighted by Gasteiger charge is -2.32. The number of hydrogen-bond acceptors (Lipinski definition) is 4. The van der Waals surface area contributed by atoms with Crippen LogP contribution in [-0.2, 0) is 9.53 Å². The first-order valence-electron chi connectivity index (χ1n) is 9.50. The first-order valence-corrected chi connectivity index (χ1v) is 9.50. The van der Waals surface area contributed by atoms with Crippen molar-refractivity contribution in [3.63, 3.8) is 0 Å². The second kappa shape index (κ2) is 10.2. The smallest absolute Gasteiger partial charge is 0.158 e. The number of aliphatic hydroxyl groups excluding tert-OH is 2. The lowest BCUT2D eigenvalue weighted by Crippen LogP contribution is -2.41. The molecule has 1 aliphatic heterocycles. The Balaban J connectivity index is 2.60. The number of Topliss-reactive ketones (excluding diaryl/α,β-unsaturated/α-hetero) is 1. The Bertz CT molecular complexity index is 492. The van der Waals surface area contributed by atoms with Gasteiger partial charge in [0, 0.05) is 6.42 Å². The van der Waals surface area contributed by atoms with Crippen molar-refractivity contribution in [1.29, 1.82) is 0 Å². The third-order valence-electron chi connectivity index (χ3n) is 5.59. The van der Waals surface area contributed by atoms with Gasteiger partial charge in [-0.2, -0.15) is 0 Å². The van der Waals surface area contributed by atoms with E-state index < -0.39 is 11.7 Å². The number of ether oxygens (including phenoxy) is 1. The Hall–Kier alpha value is -0.970. The van der Waals surface area contributed by atoms with Gasteiger partial charge in [-0.05, 0) is 62.5 Å². The van der Waals surface area contributed by atoms with E-state index in [-0.39, 0.29) is 12.4 Å². The summed E-state index contributed by atoms with van der Waals surface area (Å²) in [6, 6.07) is 0. The van der Waals surface area contributed by atoms with E-state index >= 15 is 0 Å². The SMILES string of the molecule is C/C(=C\CC[C@]1(C)OC/C(=C\CO)CCC1O)C(=O)C[C@@H](C)C(C)C. The lowest BCUT2D eigenvalue weighted by atomic mass is 9.88. The van der Waals surface area contributed by atoms with E-state index in [0.717, 1.165) is 17.6 Å². The molecule has 0 aliphatic carbocycles. The van der Waals surface area contributed by atoms with Crippen LogP contribution >= 0.6 is 0 Å². The zero-order valence-electron chi connectivity index (χ0n) is 16.5. The molecule has 0 saturated carbocycles. The summed E-state index contributed by atoms with van der Waals surface area (Å²) in [4.78, 5) is 12.3. The maximum atomic E-state index is 12.3. The molecule has 1 saturated heterocycles. The number of carbonyl (C=O) groups is 1. The van der Waals surface area contributed by atoms with Gasteiger partial charge in [0.25, 0.3) is 0 Å². The van der Waals surface area contributed by atoms with Crippen molar-refractivity contribution in [1.82, 2.24) is 0 Å². The number of allylic oxidation sites excluding steroid dienone is 2. The molecule has 25 heavy (non-hydrogen) atoms. The summed E-state index contributed by atoms with van der Waals surface area (Å²) < 4.78 is 5.96. The molecule has 1 unspecified atom stereocenters. The highest BCUT2D eigenvalue weighted by molar-refractivity contribution is 5.94. The van der Waals surface area contributed by atoms with Crippen LogP contribution in [0.2, 0.25) is 0 Å². The van der Waals surface area contributed by atoms with Gasteiger partial charge in [0.1, 0.15) is 0 Å². The van der Waals surface area contributed by atoms with Crippen LogP contribution in [0.5, 0.6) is 0 Å². The first kappa shape index (κ1) is 22.1. The highest BCUT2D eigenvalue weighted by Gasteiger charge is 2.35. The number of rotatable bonds is 8. The van der Waals surface area contributed by atoms with Gasteiger partial charge in [-0.1, -0.05) is 32.9 Å². The predicted octanol–water partition coefficient (Wildman–Crippen LogP) is 3.81. The molecule has 3 atom stereocenters. The highest BCUT2D eigenvalue weighted by Crippen LogP contribution is 2.31. The van der Waals surface area contributed by atoms with Crippen LogP contribution in [0, 0.1) is 11.8 Å². The maximum Gasteiger partial charge on any atom is 0.158 e. The third-order valence-corrected chi connectivity index (χ3v) is 5.59. The topological polar surface area (TPSA) is 66.8 Å². The molecule has 0 aromatic carbocycles. The summed E-state index contributed by atoms with van der Waals surface area (Å²) in [5, 5.41) is 19.5. The maximum absolute atomic E-state index is 12.3. The molecular formula is C21H36O4. The van der Waals surface area contributed by atoms with Crippen molar-refractivity contribution in [3.8, 4) is 0 Å². The summed E-state index contributed by atoms with van der Waals surface area (Å²) in [6.07, 6.45) is 6.55. The Morgan fingerprint density at radius 3 is 2.68 bits per heavy atom. The molecule has 0 amide bonds. The quantitative estimate of drug-likeness (QED) is 0.515. The first-order chi connectivity index (χ1) is 11.7. The van der Waals surface area contributed by atoms with Gasteiger partial charge < -0.3 is 14.9 Å². The summed E-state index contributed by atoms with van der Waals surface area (Å²) in [7, 11) is 0. The van der Waals surface area contributed by atoms with Gasteiger partial charge in [-0.25, -0.2) is 0 Å². The van der Waals surface area contributed by atoms with E-state index in [4.69, 9.17) is 9.84 Å². The second-order valence-electron chi connectivity index (χ2n) is 7.98. The fraction of sp³-hybridized carbons (Fsp3) is 0.762. The standard InChI is InChI=1S/C21H36O4/c1-15(2)17(4)13-19(23)16(3)7-6-11-21(5)20(24)9-8-18(10-12-22)14-25-21/h7,10,15,17,20,22,24H,6,8-9,11-14H2,1-5H3/b16-7+,18-10-/t17-,20?,21+/m1/s1. The Morgan fingerprint density at radius 1 is 1.40 bits per heavy atom. The summed E-state index contributed by atoms with van der Waals surface area (Å²) in [5.74, 6) is 1.10. The van der Waals surface area contributed by atoms with Crippen molar-refractivity contribution in [2.45, 2.75) is 78.4 Å². The van der Waals surface area contributed by atoms with Crippen LogP contribution in [0.4, 0.5) is 0 Å². The molecule has 4 heteroatoms. The Morgan fingerprint density at radius 2 is 2.08 bits per heavy atom. The summed E-state index contributed by atoms with van der Waals surface area (Å²) >= 11 is 0. The average molecular weight is 353 g/mol. The molecule has 0 bridgehead atoms. The van der Waals surface area contributed by atoms with E-state index in [9.17, 15) is 9.90 Å². The zero-order chi connectivity index (χ0) is 19.0. The van der Waals surface area contributed by atoms with E-state index in [0.29, 0.717) is 44.1 Å². The Labute approximate surface area is 153 Å². The van der Waals surface area contributed by atoms with Crippen LogP contribution in [-0.4, -0.2) is 40.9 Å². The molecule has 1 fully saturated rings. The van der Waals surface area contributed by atoms with Gasteiger partial charge in [-0.3, -0.25) is 4.79 Å². The molecule has 4 nitrogen and oxygen atoms in total. The van der Waals surface area contributed by atoms with Crippen molar-refractivity contribution in [2.75, 3.05) is 13.2 Å². The lowest BCUT2D eigenvalue weighted by molar-refractivity contribution is -0.116. The molecule has 1 rings (SSSR count). The van der Waals surface area contributed by atoms with E-state index in [1.807, 2.05) is 19.9 Å². The number of carbonyl (C=O) groups excluding carboxylic acids is 1. The van der Waals surface area contributed by atoms with Crippen molar-refractivity contribution in [3.05, 3.63) is 23.3 Å². The van der Waals surface area contributed by atoms with Crippen LogP contribution in [0.3, 0.4) is 0 Å². The van der Waals surface area contributed by atoms with Crippen LogP contribution in [0.25, 0.3) is 0 Å². The van der Waals surface area contributed by atoms with E-state index in [1.54, 1.807) is 6.08 Å². The molecule has 0 aromatic rings.